The number of hydrogen-bond acceptors (Lipinski definition) is 4. The van der Waals surface area contributed by atoms with Gasteiger partial charge in [0.15, 0.2) is 0 Å². The van der Waals surface area contributed by atoms with Crippen molar-refractivity contribution in [3.63, 3.8) is 0 Å². The van der Waals surface area contributed by atoms with E-state index >= 15 is 0 Å². The van der Waals surface area contributed by atoms with Gasteiger partial charge < -0.3 is 11.1 Å². The number of benzene rings is 2. The van der Waals surface area contributed by atoms with Gasteiger partial charge in [-0.05, 0) is 48.4 Å². The van der Waals surface area contributed by atoms with Crippen LogP contribution in [0, 0.1) is 0 Å². The molecule has 1 amide bonds. The second-order valence-electron chi connectivity index (χ2n) is 4.99. The van der Waals surface area contributed by atoms with E-state index in [0.717, 1.165) is 28.8 Å². The van der Waals surface area contributed by atoms with Gasteiger partial charge in [-0.15, -0.1) is 0 Å². The molecule has 5 heteroatoms. The molecular formula is C17H16N4O. The Labute approximate surface area is 128 Å². The van der Waals surface area contributed by atoms with Gasteiger partial charge in [0.2, 0.25) is 5.91 Å². The summed E-state index contributed by atoms with van der Waals surface area (Å²) in [5.74, 6) is 0.304. The molecule has 3 aromatic rings. The number of anilines is 2. The van der Waals surface area contributed by atoms with Gasteiger partial charge >= 0.3 is 0 Å². The summed E-state index contributed by atoms with van der Waals surface area (Å²) < 4.78 is 0. The highest BCUT2D eigenvalue weighted by molar-refractivity contribution is 5.94. The molecule has 0 fully saturated rings. The molecule has 0 bridgehead atoms. The van der Waals surface area contributed by atoms with Crippen molar-refractivity contribution >= 4 is 28.3 Å². The summed E-state index contributed by atoms with van der Waals surface area (Å²) in [5.41, 5.74) is 8.68. The molecule has 0 aliphatic heterocycles. The number of rotatable bonds is 4. The first kappa shape index (κ1) is 14.0. The molecule has 5 nitrogen and oxygen atoms in total. The van der Waals surface area contributed by atoms with Crippen LogP contribution in [0.25, 0.3) is 10.9 Å². The van der Waals surface area contributed by atoms with Crippen LogP contribution in [0.1, 0.15) is 22.8 Å². The largest absolute Gasteiger partial charge is 0.366 e. The molecule has 110 valence electrons. The van der Waals surface area contributed by atoms with E-state index in [1.807, 2.05) is 6.07 Å². The van der Waals surface area contributed by atoms with Gasteiger partial charge in [0, 0.05) is 16.6 Å². The van der Waals surface area contributed by atoms with Crippen molar-refractivity contribution < 1.29 is 4.79 Å². The topological polar surface area (TPSA) is 80.9 Å². The molecule has 0 spiro atoms. The molecule has 1 aromatic heterocycles. The summed E-state index contributed by atoms with van der Waals surface area (Å²) in [7, 11) is 0. The van der Waals surface area contributed by atoms with Crippen molar-refractivity contribution in [3.05, 3.63) is 59.9 Å². The van der Waals surface area contributed by atoms with Gasteiger partial charge in [-0.25, -0.2) is 9.97 Å². The van der Waals surface area contributed by atoms with Gasteiger partial charge in [0.05, 0.1) is 5.52 Å². The first-order valence-electron chi connectivity index (χ1n) is 7.08. The Morgan fingerprint density at radius 2 is 1.91 bits per heavy atom. The second-order valence-corrected chi connectivity index (χ2v) is 4.99. The SMILES string of the molecule is CCc1ccc2ncnc(Nc3ccc(C(N)=O)cc3)c2c1. The lowest BCUT2D eigenvalue weighted by Gasteiger charge is -2.09. The zero-order chi connectivity index (χ0) is 15.5. The van der Waals surface area contributed by atoms with E-state index in [9.17, 15) is 4.79 Å². The standard InChI is InChI=1S/C17H16N4O/c1-2-11-3-8-15-14(9-11)17(20-10-19-15)21-13-6-4-12(5-7-13)16(18)22/h3-10H,2H2,1H3,(H2,18,22)(H,19,20,21). The number of carbonyl (C=O) groups is 1. The fourth-order valence-electron chi connectivity index (χ4n) is 2.28. The van der Waals surface area contributed by atoms with E-state index in [2.05, 4.69) is 34.3 Å². The van der Waals surface area contributed by atoms with Crippen molar-refractivity contribution in [2.24, 2.45) is 5.73 Å². The average molecular weight is 292 g/mol. The normalized spacial score (nSPS) is 10.6. The molecule has 0 aliphatic rings. The lowest BCUT2D eigenvalue weighted by molar-refractivity contribution is 0.100. The summed E-state index contributed by atoms with van der Waals surface area (Å²) in [6.45, 7) is 2.11. The Morgan fingerprint density at radius 1 is 1.14 bits per heavy atom. The Morgan fingerprint density at radius 3 is 2.59 bits per heavy atom. The van der Waals surface area contributed by atoms with E-state index < -0.39 is 5.91 Å². The van der Waals surface area contributed by atoms with Crippen LogP contribution in [0.2, 0.25) is 0 Å². The number of aromatic nitrogens is 2. The van der Waals surface area contributed by atoms with E-state index in [0.29, 0.717) is 5.56 Å². The number of carbonyl (C=O) groups excluding carboxylic acids is 1. The summed E-state index contributed by atoms with van der Waals surface area (Å²) in [6.07, 6.45) is 2.49. The number of fused-ring (bicyclic) bond motifs is 1. The zero-order valence-electron chi connectivity index (χ0n) is 12.2. The first-order valence-corrected chi connectivity index (χ1v) is 7.08. The minimum atomic E-state index is -0.438. The third-order valence-corrected chi connectivity index (χ3v) is 3.54. The van der Waals surface area contributed by atoms with Crippen molar-refractivity contribution in [1.29, 1.82) is 0 Å². The van der Waals surface area contributed by atoms with Gasteiger partial charge in [0.25, 0.3) is 0 Å². The highest BCUT2D eigenvalue weighted by Gasteiger charge is 2.06. The van der Waals surface area contributed by atoms with Crippen LogP contribution in [0.4, 0.5) is 11.5 Å². The second kappa shape index (κ2) is 5.81. The predicted octanol–water partition coefficient (Wildman–Crippen LogP) is 3.03. The van der Waals surface area contributed by atoms with Crippen LogP contribution in [0.3, 0.4) is 0 Å². The molecule has 2 aromatic carbocycles. The molecule has 0 saturated heterocycles. The summed E-state index contributed by atoms with van der Waals surface area (Å²) in [5, 5.41) is 4.23. The zero-order valence-corrected chi connectivity index (χ0v) is 12.2. The Balaban J connectivity index is 1.97. The Bertz CT molecular complexity index is 828. The quantitative estimate of drug-likeness (QED) is 0.774. The molecule has 1 heterocycles. The Kier molecular flexibility index (Phi) is 3.70. The third kappa shape index (κ3) is 2.74. The number of nitrogens with zero attached hydrogens (tertiary/aromatic N) is 2. The highest BCUT2D eigenvalue weighted by atomic mass is 16.1. The van der Waals surface area contributed by atoms with Crippen molar-refractivity contribution in [3.8, 4) is 0 Å². The predicted molar refractivity (Wildman–Crippen MR) is 87.2 cm³/mol. The van der Waals surface area contributed by atoms with Crippen LogP contribution in [0.15, 0.2) is 48.8 Å². The van der Waals surface area contributed by atoms with Crippen molar-refractivity contribution in [1.82, 2.24) is 9.97 Å². The third-order valence-electron chi connectivity index (χ3n) is 3.54. The molecular weight excluding hydrogens is 276 g/mol. The molecule has 3 N–H and O–H groups in total. The molecule has 0 saturated carbocycles. The average Bonchev–Trinajstić information content (AvgIpc) is 2.55. The van der Waals surface area contributed by atoms with Crippen LogP contribution in [-0.4, -0.2) is 15.9 Å². The molecule has 22 heavy (non-hydrogen) atoms. The van der Waals surface area contributed by atoms with E-state index in [1.165, 1.54) is 11.9 Å². The fourth-order valence-corrected chi connectivity index (χ4v) is 2.28. The molecule has 0 unspecified atom stereocenters. The Hall–Kier alpha value is -2.95. The molecule has 0 aliphatic carbocycles. The highest BCUT2D eigenvalue weighted by Crippen LogP contribution is 2.24. The lowest BCUT2D eigenvalue weighted by atomic mass is 10.1. The maximum atomic E-state index is 11.1. The van der Waals surface area contributed by atoms with Crippen LogP contribution < -0.4 is 11.1 Å². The van der Waals surface area contributed by atoms with Gasteiger partial charge in [-0.3, -0.25) is 4.79 Å². The maximum absolute atomic E-state index is 11.1. The lowest BCUT2D eigenvalue weighted by Crippen LogP contribution is -2.10. The monoisotopic (exact) mass is 292 g/mol. The number of nitrogens with two attached hydrogens (primary N) is 1. The minimum Gasteiger partial charge on any atom is -0.366 e. The summed E-state index contributed by atoms with van der Waals surface area (Å²) in [4.78, 5) is 19.7. The smallest absolute Gasteiger partial charge is 0.248 e. The number of hydrogen-bond donors (Lipinski definition) is 2. The van der Waals surface area contributed by atoms with Gasteiger partial charge in [0.1, 0.15) is 12.1 Å². The molecule has 0 radical (unpaired) electrons. The summed E-state index contributed by atoms with van der Waals surface area (Å²) in [6, 6.07) is 13.1. The van der Waals surface area contributed by atoms with Crippen LogP contribution in [0.5, 0.6) is 0 Å². The number of amides is 1. The van der Waals surface area contributed by atoms with Gasteiger partial charge in [-0.2, -0.15) is 0 Å². The summed E-state index contributed by atoms with van der Waals surface area (Å²) >= 11 is 0. The van der Waals surface area contributed by atoms with Crippen LogP contribution >= 0.6 is 0 Å². The van der Waals surface area contributed by atoms with Gasteiger partial charge in [-0.1, -0.05) is 13.0 Å². The molecule has 3 rings (SSSR count). The number of nitrogens with one attached hydrogen (secondary N) is 1. The van der Waals surface area contributed by atoms with E-state index in [-0.39, 0.29) is 0 Å². The van der Waals surface area contributed by atoms with Crippen LogP contribution in [-0.2, 0) is 6.42 Å². The first-order chi connectivity index (χ1) is 10.7. The van der Waals surface area contributed by atoms with E-state index in [4.69, 9.17) is 5.73 Å². The fraction of sp³-hybridized carbons (Fsp3) is 0.118. The number of aryl methyl sites for hydroxylation is 1. The molecule has 0 atom stereocenters. The number of primary amides is 1. The van der Waals surface area contributed by atoms with Crippen molar-refractivity contribution in [2.75, 3.05) is 5.32 Å². The maximum Gasteiger partial charge on any atom is 0.248 e. The minimum absolute atomic E-state index is 0.438. The van der Waals surface area contributed by atoms with E-state index in [1.54, 1.807) is 24.3 Å². The van der Waals surface area contributed by atoms with Crippen molar-refractivity contribution in [2.45, 2.75) is 13.3 Å².